The summed E-state index contributed by atoms with van der Waals surface area (Å²) in [5.41, 5.74) is 2.44. The van der Waals surface area contributed by atoms with Crippen molar-refractivity contribution in [2.45, 2.75) is 17.7 Å². The van der Waals surface area contributed by atoms with Crippen molar-refractivity contribution in [1.29, 1.82) is 0 Å². The monoisotopic (exact) mass is 425 g/mol. The fraction of sp³-hybridized carbons (Fsp3) is 0.273. The molecule has 3 aromatic rings. The van der Waals surface area contributed by atoms with E-state index in [2.05, 4.69) is 10.3 Å². The van der Waals surface area contributed by atoms with Crippen LogP contribution in [0, 0.1) is 0 Å². The Balaban J connectivity index is 1.34. The molecule has 8 heteroatoms. The maximum Gasteiger partial charge on any atom is 0.243 e. The summed E-state index contributed by atoms with van der Waals surface area (Å²) in [5, 5.41) is 3.83. The van der Waals surface area contributed by atoms with Crippen LogP contribution in [0.15, 0.2) is 65.7 Å². The number of ether oxygens (including phenoxy) is 1. The molecule has 1 aromatic heterocycles. The van der Waals surface area contributed by atoms with Crippen LogP contribution in [0.25, 0.3) is 10.9 Å². The fourth-order valence-electron chi connectivity index (χ4n) is 3.38. The van der Waals surface area contributed by atoms with Crippen LogP contribution in [-0.4, -0.2) is 49.9 Å². The van der Waals surface area contributed by atoms with Gasteiger partial charge in [-0.2, -0.15) is 4.31 Å². The second kappa shape index (κ2) is 8.91. The smallest absolute Gasteiger partial charge is 0.243 e. The van der Waals surface area contributed by atoms with E-state index < -0.39 is 10.0 Å². The third-order valence-electron chi connectivity index (χ3n) is 5.05. The maximum absolute atomic E-state index is 12.7. The van der Waals surface area contributed by atoms with E-state index in [1.54, 1.807) is 30.5 Å². The number of nitrogens with zero attached hydrogens (tertiary/aromatic N) is 2. The van der Waals surface area contributed by atoms with E-state index in [1.807, 2.05) is 30.3 Å². The topological polar surface area (TPSA) is 88.6 Å². The van der Waals surface area contributed by atoms with E-state index in [1.165, 1.54) is 4.31 Å². The first-order chi connectivity index (χ1) is 14.5. The molecule has 0 atom stereocenters. The number of benzene rings is 2. The van der Waals surface area contributed by atoms with Crippen LogP contribution in [0.3, 0.4) is 0 Å². The lowest BCUT2D eigenvalue weighted by atomic mass is 10.1. The Morgan fingerprint density at radius 3 is 2.57 bits per heavy atom. The van der Waals surface area contributed by atoms with E-state index in [0.29, 0.717) is 44.8 Å². The Morgan fingerprint density at radius 1 is 1.07 bits per heavy atom. The van der Waals surface area contributed by atoms with Gasteiger partial charge in [-0.3, -0.25) is 9.78 Å². The largest absolute Gasteiger partial charge is 0.379 e. The van der Waals surface area contributed by atoms with Crippen molar-refractivity contribution < 1.29 is 17.9 Å². The van der Waals surface area contributed by atoms with E-state index in [0.717, 1.165) is 16.5 Å². The van der Waals surface area contributed by atoms with Gasteiger partial charge in [-0.05, 0) is 36.2 Å². The minimum Gasteiger partial charge on any atom is -0.379 e. The number of pyridine rings is 1. The van der Waals surface area contributed by atoms with Gasteiger partial charge in [0.05, 0.1) is 35.5 Å². The number of carbonyl (C=O) groups excluding carboxylic acids is 1. The van der Waals surface area contributed by atoms with E-state index in [-0.39, 0.29) is 10.8 Å². The fourth-order valence-corrected chi connectivity index (χ4v) is 4.79. The van der Waals surface area contributed by atoms with Gasteiger partial charge in [-0.1, -0.05) is 30.3 Å². The normalized spacial score (nSPS) is 15.2. The molecular formula is C22H23N3O4S. The SMILES string of the molecule is O=C(CCc1ccc(S(=O)(=O)N2CCOCC2)cc1)Nc1cnc2ccccc2c1. The molecule has 0 unspecified atom stereocenters. The number of rotatable bonds is 6. The molecular weight excluding hydrogens is 402 g/mol. The summed E-state index contributed by atoms with van der Waals surface area (Å²) in [4.78, 5) is 16.9. The number of nitrogens with one attached hydrogen (secondary N) is 1. The summed E-state index contributed by atoms with van der Waals surface area (Å²) in [6.07, 6.45) is 2.46. The number of amides is 1. The van der Waals surface area contributed by atoms with Crippen LogP contribution in [-0.2, 0) is 26.0 Å². The molecule has 0 saturated carbocycles. The van der Waals surface area contributed by atoms with Crippen molar-refractivity contribution in [2.24, 2.45) is 0 Å². The molecule has 2 heterocycles. The minimum absolute atomic E-state index is 0.114. The van der Waals surface area contributed by atoms with Gasteiger partial charge in [0.1, 0.15) is 0 Å². The number of sulfonamides is 1. The first-order valence-corrected chi connectivity index (χ1v) is 11.3. The molecule has 1 fully saturated rings. The lowest BCUT2D eigenvalue weighted by Crippen LogP contribution is -2.40. The molecule has 4 rings (SSSR count). The van der Waals surface area contributed by atoms with Crippen molar-refractivity contribution in [1.82, 2.24) is 9.29 Å². The molecule has 0 spiro atoms. The zero-order valence-corrected chi connectivity index (χ0v) is 17.3. The maximum atomic E-state index is 12.7. The van der Waals surface area contributed by atoms with Gasteiger partial charge in [-0.15, -0.1) is 0 Å². The predicted octanol–water partition coefficient (Wildman–Crippen LogP) is 2.83. The van der Waals surface area contributed by atoms with Gasteiger partial charge in [0.2, 0.25) is 15.9 Å². The Kier molecular flexibility index (Phi) is 6.08. The Bertz CT molecular complexity index is 1140. The van der Waals surface area contributed by atoms with Gasteiger partial charge in [0.15, 0.2) is 0 Å². The van der Waals surface area contributed by atoms with Crippen LogP contribution >= 0.6 is 0 Å². The molecule has 2 aromatic carbocycles. The lowest BCUT2D eigenvalue weighted by Gasteiger charge is -2.26. The summed E-state index contributed by atoms with van der Waals surface area (Å²) in [7, 11) is -3.50. The van der Waals surface area contributed by atoms with Crippen molar-refractivity contribution >= 4 is 32.5 Å². The number of anilines is 1. The highest BCUT2D eigenvalue weighted by Crippen LogP contribution is 2.19. The molecule has 1 aliphatic heterocycles. The second-order valence-electron chi connectivity index (χ2n) is 7.13. The highest BCUT2D eigenvalue weighted by molar-refractivity contribution is 7.89. The molecule has 0 bridgehead atoms. The van der Waals surface area contributed by atoms with E-state index >= 15 is 0 Å². The van der Waals surface area contributed by atoms with Crippen LogP contribution < -0.4 is 5.32 Å². The van der Waals surface area contributed by atoms with Crippen LogP contribution in [0.1, 0.15) is 12.0 Å². The van der Waals surface area contributed by atoms with Crippen LogP contribution in [0.2, 0.25) is 0 Å². The molecule has 0 aliphatic carbocycles. The van der Waals surface area contributed by atoms with Gasteiger partial charge in [0.25, 0.3) is 0 Å². The number of para-hydroxylation sites is 1. The zero-order chi connectivity index (χ0) is 21.0. The van der Waals surface area contributed by atoms with Gasteiger partial charge >= 0.3 is 0 Å². The molecule has 1 N–H and O–H groups in total. The highest BCUT2D eigenvalue weighted by atomic mass is 32.2. The lowest BCUT2D eigenvalue weighted by molar-refractivity contribution is -0.116. The third-order valence-corrected chi connectivity index (χ3v) is 6.96. The first-order valence-electron chi connectivity index (χ1n) is 9.84. The Hall–Kier alpha value is -2.81. The molecule has 30 heavy (non-hydrogen) atoms. The molecule has 1 amide bonds. The van der Waals surface area contributed by atoms with Crippen molar-refractivity contribution in [3.05, 3.63) is 66.4 Å². The molecule has 7 nitrogen and oxygen atoms in total. The third kappa shape index (κ3) is 4.67. The predicted molar refractivity (Wildman–Crippen MR) is 115 cm³/mol. The van der Waals surface area contributed by atoms with Gasteiger partial charge in [0, 0.05) is 24.9 Å². The summed E-state index contributed by atoms with van der Waals surface area (Å²) in [6, 6.07) is 16.3. The number of hydrogen-bond acceptors (Lipinski definition) is 5. The number of aryl methyl sites for hydroxylation is 1. The van der Waals surface area contributed by atoms with Crippen molar-refractivity contribution in [3.8, 4) is 0 Å². The van der Waals surface area contributed by atoms with Gasteiger partial charge in [-0.25, -0.2) is 8.42 Å². The summed E-state index contributed by atoms with van der Waals surface area (Å²) < 4.78 is 32.0. The van der Waals surface area contributed by atoms with Crippen molar-refractivity contribution in [3.63, 3.8) is 0 Å². The summed E-state index contributed by atoms with van der Waals surface area (Å²) in [6.45, 7) is 1.57. The minimum atomic E-state index is -3.50. The first kappa shape index (κ1) is 20.5. The number of carbonyl (C=O) groups is 1. The standard InChI is InChI=1S/C22H23N3O4S/c26-22(24-19-15-18-3-1-2-4-21(18)23-16-19)10-7-17-5-8-20(9-6-17)30(27,28)25-11-13-29-14-12-25/h1-6,8-9,15-16H,7,10-14H2,(H,24,26). The van der Waals surface area contributed by atoms with Crippen molar-refractivity contribution in [2.75, 3.05) is 31.6 Å². The zero-order valence-electron chi connectivity index (χ0n) is 16.5. The Labute approximate surface area is 175 Å². The molecule has 1 aliphatic rings. The molecule has 0 radical (unpaired) electrons. The number of morpholine rings is 1. The van der Waals surface area contributed by atoms with E-state index in [4.69, 9.17) is 4.74 Å². The van der Waals surface area contributed by atoms with Crippen LogP contribution in [0.4, 0.5) is 5.69 Å². The summed E-state index contributed by atoms with van der Waals surface area (Å²) in [5.74, 6) is -0.114. The quantitative estimate of drug-likeness (QED) is 0.656. The molecule has 156 valence electrons. The second-order valence-corrected chi connectivity index (χ2v) is 9.06. The number of hydrogen-bond donors (Lipinski definition) is 1. The highest BCUT2D eigenvalue weighted by Gasteiger charge is 2.26. The van der Waals surface area contributed by atoms with E-state index in [9.17, 15) is 13.2 Å². The molecule has 1 saturated heterocycles. The Morgan fingerprint density at radius 2 is 1.80 bits per heavy atom. The van der Waals surface area contributed by atoms with Crippen LogP contribution in [0.5, 0.6) is 0 Å². The van der Waals surface area contributed by atoms with Gasteiger partial charge < -0.3 is 10.1 Å². The average molecular weight is 426 g/mol. The number of fused-ring (bicyclic) bond motifs is 1. The number of aromatic nitrogens is 1. The average Bonchev–Trinajstić information content (AvgIpc) is 2.78. The summed E-state index contributed by atoms with van der Waals surface area (Å²) >= 11 is 0.